The predicted octanol–water partition coefficient (Wildman–Crippen LogP) is 1.41. The van der Waals surface area contributed by atoms with Crippen LogP contribution in [-0.4, -0.2) is 47.9 Å². The number of benzene rings is 1. The van der Waals surface area contributed by atoms with Gasteiger partial charge >= 0.3 is 5.91 Å². The number of carbonyl (C=O) groups excluding carboxylic acids is 3. The van der Waals surface area contributed by atoms with Crippen molar-refractivity contribution in [1.82, 2.24) is 10.6 Å². The molecule has 2 aliphatic heterocycles. The summed E-state index contributed by atoms with van der Waals surface area (Å²) < 4.78 is 14.4. The van der Waals surface area contributed by atoms with Gasteiger partial charge in [0, 0.05) is 31.4 Å². The molecule has 0 spiro atoms. The summed E-state index contributed by atoms with van der Waals surface area (Å²) in [6, 6.07) is 2.43. The van der Waals surface area contributed by atoms with Gasteiger partial charge in [0.25, 0.3) is 5.91 Å². The number of hydrogen-bond acceptors (Lipinski definition) is 4. The zero-order valence-corrected chi connectivity index (χ0v) is 15.4. The Labute approximate surface area is 152 Å². The molecular formula is C19H25FN3O3+. The summed E-state index contributed by atoms with van der Waals surface area (Å²) in [6.45, 7) is 4.71. The van der Waals surface area contributed by atoms with Gasteiger partial charge in [0.15, 0.2) is 6.04 Å². The van der Waals surface area contributed by atoms with Crippen molar-refractivity contribution in [3.8, 4) is 0 Å². The molecule has 2 N–H and O–H groups in total. The first-order valence-corrected chi connectivity index (χ1v) is 9.04. The van der Waals surface area contributed by atoms with E-state index in [1.807, 2.05) is 6.92 Å². The molecule has 7 heteroatoms. The fourth-order valence-electron chi connectivity index (χ4n) is 4.17. The standard InChI is InChI=1S/C19H24FN3O3/c1-4-13-10-23(13,16-5-6-17(24)22-18(16)25)19(26)14-8-15(20)12(9-21-3)7-11(14)2/h7-8,13,16,21H,4-6,9-10H2,1-3H3/p+1. The van der Waals surface area contributed by atoms with Crippen LogP contribution in [0.1, 0.15) is 47.7 Å². The molecule has 3 atom stereocenters. The summed E-state index contributed by atoms with van der Waals surface area (Å²) >= 11 is 0. The summed E-state index contributed by atoms with van der Waals surface area (Å²) in [5, 5.41) is 5.26. The summed E-state index contributed by atoms with van der Waals surface area (Å²) in [6.07, 6.45) is 1.34. The van der Waals surface area contributed by atoms with Crippen LogP contribution < -0.4 is 10.6 Å². The van der Waals surface area contributed by atoms with E-state index in [1.54, 1.807) is 20.0 Å². The van der Waals surface area contributed by atoms with Gasteiger partial charge in [-0.05, 0) is 25.6 Å². The average molecular weight is 362 g/mol. The molecule has 2 fully saturated rings. The van der Waals surface area contributed by atoms with E-state index < -0.39 is 17.8 Å². The third-order valence-electron chi connectivity index (χ3n) is 5.64. The number of hydrogen-bond donors (Lipinski definition) is 2. The van der Waals surface area contributed by atoms with E-state index >= 15 is 0 Å². The molecule has 2 saturated heterocycles. The molecule has 1 aromatic rings. The highest BCUT2D eigenvalue weighted by atomic mass is 19.1. The lowest BCUT2D eigenvalue weighted by Gasteiger charge is -2.30. The van der Waals surface area contributed by atoms with Gasteiger partial charge in [0.05, 0.1) is 5.56 Å². The number of rotatable bonds is 5. The predicted molar refractivity (Wildman–Crippen MR) is 93.6 cm³/mol. The highest BCUT2D eigenvalue weighted by Crippen LogP contribution is 2.42. The normalized spacial score (nSPS) is 28.0. The lowest BCUT2D eigenvalue weighted by atomic mass is 9.99. The number of imide groups is 1. The Hall–Kier alpha value is -2.12. The lowest BCUT2D eigenvalue weighted by molar-refractivity contribution is -0.747. The van der Waals surface area contributed by atoms with E-state index in [0.717, 1.165) is 6.42 Å². The molecule has 3 unspecified atom stereocenters. The second-order valence-electron chi connectivity index (χ2n) is 7.24. The van der Waals surface area contributed by atoms with E-state index in [0.29, 0.717) is 36.2 Å². The van der Waals surface area contributed by atoms with Gasteiger partial charge in [-0.25, -0.2) is 13.7 Å². The Balaban J connectivity index is 1.97. The maximum atomic E-state index is 14.4. The zero-order chi connectivity index (χ0) is 19.1. The van der Waals surface area contributed by atoms with E-state index in [1.165, 1.54) is 6.07 Å². The maximum absolute atomic E-state index is 14.4. The Morgan fingerprint density at radius 1 is 1.38 bits per heavy atom. The number of quaternary nitrogens is 1. The van der Waals surface area contributed by atoms with Crippen molar-refractivity contribution in [3.05, 3.63) is 34.6 Å². The fourth-order valence-corrected chi connectivity index (χ4v) is 4.17. The van der Waals surface area contributed by atoms with Crippen LogP contribution in [0.3, 0.4) is 0 Å². The first-order chi connectivity index (χ1) is 12.3. The van der Waals surface area contributed by atoms with Crippen LogP contribution >= 0.6 is 0 Å². The van der Waals surface area contributed by atoms with Gasteiger partial charge in [-0.2, -0.15) is 0 Å². The molecule has 3 rings (SSSR count). The lowest BCUT2D eigenvalue weighted by Crippen LogP contribution is -2.57. The quantitative estimate of drug-likeness (QED) is 0.472. The second-order valence-corrected chi connectivity index (χ2v) is 7.24. The minimum absolute atomic E-state index is 0.00126. The molecule has 0 aromatic heterocycles. The number of aryl methyl sites for hydroxylation is 1. The van der Waals surface area contributed by atoms with Crippen molar-refractivity contribution in [2.45, 2.75) is 51.7 Å². The maximum Gasteiger partial charge on any atom is 0.347 e. The van der Waals surface area contributed by atoms with Crippen molar-refractivity contribution in [1.29, 1.82) is 0 Å². The molecular weight excluding hydrogens is 337 g/mol. The van der Waals surface area contributed by atoms with Crippen LogP contribution in [0, 0.1) is 12.7 Å². The number of carbonyl (C=O) groups is 3. The Bertz CT molecular complexity index is 780. The minimum Gasteiger partial charge on any atom is -0.316 e. The van der Waals surface area contributed by atoms with Crippen molar-refractivity contribution in [2.24, 2.45) is 0 Å². The second kappa shape index (κ2) is 6.89. The summed E-state index contributed by atoms with van der Waals surface area (Å²) in [7, 11) is 1.73. The third-order valence-corrected chi connectivity index (χ3v) is 5.64. The Kier molecular flexibility index (Phi) is 4.94. The van der Waals surface area contributed by atoms with Crippen molar-refractivity contribution in [2.75, 3.05) is 13.6 Å². The molecule has 26 heavy (non-hydrogen) atoms. The van der Waals surface area contributed by atoms with Gasteiger partial charge < -0.3 is 5.32 Å². The van der Waals surface area contributed by atoms with Crippen LogP contribution in [0.2, 0.25) is 0 Å². The molecule has 2 aliphatic rings. The van der Waals surface area contributed by atoms with Crippen LogP contribution in [-0.2, 0) is 16.1 Å². The molecule has 3 amide bonds. The van der Waals surface area contributed by atoms with Crippen LogP contribution in [0.4, 0.5) is 4.39 Å². The molecule has 0 radical (unpaired) electrons. The van der Waals surface area contributed by atoms with Crippen molar-refractivity contribution in [3.63, 3.8) is 0 Å². The number of piperidine rings is 1. The summed E-state index contributed by atoms with van der Waals surface area (Å²) in [5.41, 5.74) is 1.53. The monoisotopic (exact) mass is 362 g/mol. The van der Waals surface area contributed by atoms with Gasteiger partial charge in [-0.1, -0.05) is 13.0 Å². The molecule has 0 bridgehead atoms. The number of nitrogens with zero attached hydrogens (tertiary/aromatic N) is 1. The Morgan fingerprint density at radius 2 is 2.12 bits per heavy atom. The number of amides is 3. The van der Waals surface area contributed by atoms with E-state index in [4.69, 9.17) is 0 Å². The highest BCUT2D eigenvalue weighted by Gasteiger charge is 2.66. The largest absolute Gasteiger partial charge is 0.347 e. The molecule has 6 nitrogen and oxygen atoms in total. The SMILES string of the molecule is CCC1C[N+]1(C(=O)c1cc(F)c(CNC)cc1C)C1CCC(=O)NC1=O. The van der Waals surface area contributed by atoms with Gasteiger partial charge in [-0.15, -0.1) is 0 Å². The van der Waals surface area contributed by atoms with Crippen LogP contribution in [0.5, 0.6) is 0 Å². The van der Waals surface area contributed by atoms with Crippen LogP contribution in [0.25, 0.3) is 0 Å². The first-order valence-electron chi connectivity index (χ1n) is 9.04. The third kappa shape index (κ3) is 2.95. The van der Waals surface area contributed by atoms with Gasteiger partial charge in [0.1, 0.15) is 18.4 Å². The fraction of sp³-hybridized carbons (Fsp3) is 0.526. The van der Waals surface area contributed by atoms with Gasteiger partial charge in [-0.3, -0.25) is 14.9 Å². The Morgan fingerprint density at radius 3 is 2.69 bits per heavy atom. The molecule has 1 aromatic carbocycles. The topological polar surface area (TPSA) is 75.3 Å². The van der Waals surface area contributed by atoms with E-state index in [9.17, 15) is 18.8 Å². The summed E-state index contributed by atoms with van der Waals surface area (Å²) in [4.78, 5) is 37.3. The number of nitrogens with one attached hydrogen (secondary N) is 2. The van der Waals surface area contributed by atoms with Crippen LogP contribution in [0.15, 0.2) is 12.1 Å². The average Bonchev–Trinajstić information content (AvgIpc) is 3.33. The van der Waals surface area contributed by atoms with Gasteiger partial charge in [0.2, 0.25) is 5.91 Å². The molecule has 0 saturated carbocycles. The summed E-state index contributed by atoms with van der Waals surface area (Å²) in [5.74, 6) is -1.34. The molecule has 140 valence electrons. The molecule has 0 aliphatic carbocycles. The smallest absolute Gasteiger partial charge is 0.316 e. The van der Waals surface area contributed by atoms with Crippen molar-refractivity contribution < 1.29 is 23.3 Å². The first kappa shape index (κ1) is 18.7. The van der Waals surface area contributed by atoms with Crippen molar-refractivity contribution >= 4 is 17.7 Å². The highest BCUT2D eigenvalue weighted by molar-refractivity contribution is 6.01. The zero-order valence-electron chi connectivity index (χ0n) is 15.4. The minimum atomic E-state index is -0.579. The number of halogens is 1. The molecule has 2 heterocycles. The van der Waals surface area contributed by atoms with E-state index in [2.05, 4.69) is 10.6 Å². The van der Waals surface area contributed by atoms with E-state index in [-0.39, 0.29) is 28.8 Å².